The first-order valence-electron chi connectivity index (χ1n) is 11.7. The van der Waals surface area contributed by atoms with Crippen LogP contribution in [0.15, 0.2) is 53.9 Å². The minimum absolute atomic E-state index is 0.0347. The van der Waals surface area contributed by atoms with Crippen LogP contribution < -0.4 is 10.9 Å². The van der Waals surface area contributed by atoms with E-state index >= 15 is 0 Å². The fourth-order valence-corrected chi connectivity index (χ4v) is 3.85. The summed E-state index contributed by atoms with van der Waals surface area (Å²) in [6.07, 6.45) is 10.8. The number of fused-ring (bicyclic) bond motifs is 1. The minimum atomic E-state index is -0.227. The lowest BCUT2D eigenvalue weighted by Crippen LogP contribution is -2.31. The Morgan fingerprint density at radius 1 is 1.15 bits per heavy atom. The summed E-state index contributed by atoms with van der Waals surface area (Å²) in [4.78, 5) is 34.2. The van der Waals surface area contributed by atoms with E-state index in [4.69, 9.17) is 0 Å². The molecule has 2 heterocycles. The van der Waals surface area contributed by atoms with Crippen LogP contribution in [0.1, 0.15) is 76.0 Å². The first-order chi connectivity index (χ1) is 15.8. The van der Waals surface area contributed by atoms with Crippen LogP contribution in [0.3, 0.4) is 0 Å². The van der Waals surface area contributed by atoms with Gasteiger partial charge in [0.15, 0.2) is 0 Å². The first-order valence-corrected chi connectivity index (χ1v) is 11.7. The molecule has 3 aromatic rings. The summed E-state index contributed by atoms with van der Waals surface area (Å²) in [5, 5.41) is 3.55. The lowest BCUT2D eigenvalue weighted by Gasteiger charge is -2.14. The van der Waals surface area contributed by atoms with Gasteiger partial charge in [-0.2, -0.15) is 0 Å². The highest BCUT2D eigenvalue weighted by molar-refractivity contribution is 5.90. The van der Waals surface area contributed by atoms with E-state index in [1.807, 2.05) is 25.3 Å². The van der Waals surface area contributed by atoms with E-state index in [-0.39, 0.29) is 23.4 Å². The van der Waals surface area contributed by atoms with Gasteiger partial charge in [0, 0.05) is 30.7 Å². The Morgan fingerprint density at radius 2 is 1.94 bits per heavy atom. The van der Waals surface area contributed by atoms with E-state index in [0.29, 0.717) is 11.3 Å². The molecule has 0 saturated heterocycles. The molecule has 0 aliphatic rings. The maximum atomic E-state index is 13.1. The van der Waals surface area contributed by atoms with E-state index < -0.39 is 0 Å². The van der Waals surface area contributed by atoms with Crippen LogP contribution in [-0.2, 0) is 11.2 Å². The number of nitrogens with one attached hydrogen (secondary N) is 1. The molecular formula is C27H34N4O2. The highest BCUT2D eigenvalue weighted by atomic mass is 16.1. The quantitative estimate of drug-likeness (QED) is 0.467. The Hall–Kier alpha value is -3.28. The van der Waals surface area contributed by atoms with Gasteiger partial charge in [-0.05, 0) is 66.8 Å². The Bertz CT molecular complexity index is 1180. The largest absolute Gasteiger partial charge is 0.350 e. The van der Waals surface area contributed by atoms with Crippen LogP contribution >= 0.6 is 0 Å². The van der Waals surface area contributed by atoms with E-state index in [9.17, 15) is 9.59 Å². The Balaban J connectivity index is 1.69. The van der Waals surface area contributed by atoms with E-state index in [1.165, 1.54) is 28.7 Å². The lowest BCUT2D eigenvalue weighted by atomic mass is 9.93. The van der Waals surface area contributed by atoms with Crippen molar-refractivity contribution in [3.8, 4) is 0 Å². The van der Waals surface area contributed by atoms with Gasteiger partial charge in [0.1, 0.15) is 6.33 Å². The predicted octanol–water partition coefficient (Wildman–Crippen LogP) is 5.04. The van der Waals surface area contributed by atoms with Crippen molar-refractivity contribution >= 4 is 23.0 Å². The standard InChI is InChI=1S/C27H34N4O2/c1-18(2)22-14-23(19(3)4)26-24(15-22)27(33)31(17-29-26)13-11-25(32)30-20(5)8-6-9-21-10-7-12-28-16-21/h7,10-20H,6,8-9H2,1-5H3,(H,30,32). The normalized spacial score (nSPS) is 12.7. The molecule has 0 aliphatic heterocycles. The molecule has 1 N–H and O–H groups in total. The van der Waals surface area contributed by atoms with E-state index in [1.54, 1.807) is 6.20 Å². The molecule has 2 aromatic heterocycles. The van der Waals surface area contributed by atoms with E-state index in [0.717, 1.165) is 35.9 Å². The summed E-state index contributed by atoms with van der Waals surface area (Å²) < 4.78 is 1.38. The third-order valence-corrected chi connectivity index (χ3v) is 5.83. The third kappa shape index (κ3) is 6.37. The molecule has 174 valence electrons. The molecule has 0 saturated carbocycles. The number of benzene rings is 1. The van der Waals surface area contributed by atoms with Crippen molar-refractivity contribution < 1.29 is 4.79 Å². The smallest absolute Gasteiger partial charge is 0.265 e. The summed E-state index contributed by atoms with van der Waals surface area (Å²) in [5.41, 5.74) is 3.95. The number of amides is 1. The van der Waals surface area contributed by atoms with Crippen molar-refractivity contribution in [1.29, 1.82) is 0 Å². The number of aromatic nitrogens is 3. The van der Waals surface area contributed by atoms with Gasteiger partial charge in [0.25, 0.3) is 5.56 Å². The van der Waals surface area contributed by atoms with Crippen LogP contribution in [0.5, 0.6) is 0 Å². The number of nitrogens with zero attached hydrogens (tertiary/aromatic N) is 3. The number of carbonyl (C=O) groups is 1. The van der Waals surface area contributed by atoms with E-state index in [2.05, 4.69) is 55.1 Å². The minimum Gasteiger partial charge on any atom is -0.350 e. The molecule has 6 heteroatoms. The van der Waals surface area contributed by atoms with Gasteiger partial charge in [-0.15, -0.1) is 0 Å². The number of hydrogen-bond donors (Lipinski definition) is 1. The molecule has 0 bridgehead atoms. The fourth-order valence-electron chi connectivity index (χ4n) is 3.85. The molecule has 3 rings (SSSR count). The van der Waals surface area contributed by atoms with Crippen molar-refractivity contribution in [2.75, 3.05) is 0 Å². The molecule has 0 fully saturated rings. The monoisotopic (exact) mass is 446 g/mol. The van der Waals surface area contributed by atoms with Gasteiger partial charge in [-0.25, -0.2) is 4.98 Å². The summed E-state index contributed by atoms with van der Waals surface area (Å²) in [7, 11) is 0. The van der Waals surface area contributed by atoms with Crippen LogP contribution in [0, 0.1) is 0 Å². The molecule has 1 unspecified atom stereocenters. The van der Waals surface area contributed by atoms with Crippen LogP contribution in [0.25, 0.3) is 17.1 Å². The molecular weight excluding hydrogens is 412 g/mol. The number of pyridine rings is 1. The van der Waals surface area contributed by atoms with Gasteiger partial charge in [0.2, 0.25) is 5.91 Å². The molecule has 0 spiro atoms. The third-order valence-electron chi connectivity index (χ3n) is 5.83. The summed E-state index contributed by atoms with van der Waals surface area (Å²) in [6, 6.07) is 8.10. The predicted molar refractivity (Wildman–Crippen MR) is 134 cm³/mol. The van der Waals surface area contributed by atoms with Gasteiger partial charge in [-0.1, -0.05) is 39.8 Å². The zero-order valence-corrected chi connectivity index (χ0v) is 20.2. The maximum Gasteiger partial charge on any atom is 0.265 e. The second-order valence-electron chi connectivity index (χ2n) is 9.25. The Morgan fingerprint density at radius 3 is 2.61 bits per heavy atom. The zero-order chi connectivity index (χ0) is 24.0. The highest BCUT2D eigenvalue weighted by Gasteiger charge is 2.14. The topological polar surface area (TPSA) is 76.9 Å². The number of carbonyl (C=O) groups excluding carboxylic acids is 1. The summed E-state index contributed by atoms with van der Waals surface area (Å²) in [6.45, 7) is 10.4. The average Bonchev–Trinajstić information content (AvgIpc) is 2.78. The SMILES string of the molecule is CC(CCCc1cccnc1)NC(=O)C=Cn1cnc2c(C(C)C)cc(C(C)C)cc2c1=O. The van der Waals surface area contributed by atoms with Crippen molar-refractivity contribution in [3.63, 3.8) is 0 Å². The van der Waals surface area contributed by atoms with Gasteiger partial charge in [0.05, 0.1) is 10.9 Å². The molecule has 0 aliphatic carbocycles. The molecule has 6 nitrogen and oxygen atoms in total. The second-order valence-corrected chi connectivity index (χ2v) is 9.25. The Kier molecular flexibility index (Phi) is 8.15. The maximum absolute atomic E-state index is 13.1. The molecule has 0 radical (unpaired) electrons. The first kappa shape index (κ1) is 24.4. The average molecular weight is 447 g/mol. The number of rotatable bonds is 9. The van der Waals surface area contributed by atoms with Crippen LogP contribution in [-0.4, -0.2) is 26.5 Å². The van der Waals surface area contributed by atoms with Crippen LogP contribution in [0.4, 0.5) is 0 Å². The molecule has 1 atom stereocenters. The van der Waals surface area contributed by atoms with Crippen molar-refractivity contribution in [3.05, 3.63) is 76.1 Å². The van der Waals surface area contributed by atoms with Crippen molar-refractivity contribution in [1.82, 2.24) is 19.9 Å². The fraction of sp³-hybridized carbons (Fsp3) is 0.407. The molecule has 1 aromatic carbocycles. The van der Waals surface area contributed by atoms with Crippen molar-refractivity contribution in [2.45, 2.75) is 71.8 Å². The second kappa shape index (κ2) is 11.0. The summed E-state index contributed by atoms with van der Waals surface area (Å²) in [5.74, 6) is 0.338. The Labute approximate surface area is 195 Å². The molecule has 1 amide bonds. The lowest BCUT2D eigenvalue weighted by molar-refractivity contribution is -0.117. The molecule has 33 heavy (non-hydrogen) atoms. The summed E-state index contributed by atoms with van der Waals surface area (Å²) >= 11 is 0. The van der Waals surface area contributed by atoms with Crippen LogP contribution in [0.2, 0.25) is 0 Å². The number of hydrogen-bond acceptors (Lipinski definition) is 4. The van der Waals surface area contributed by atoms with Gasteiger partial charge < -0.3 is 5.32 Å². The van der Waals surface area contributed by atoms with Gasteiger partial charge in [-0.3, -0.25) is 19.1 Å². The van der Waals surface area contributed by atoms with Gasteiger partial charge >= 0.3 is 0 Å². The zero-order valence-electron chi connectivity index (χ0n) is 20.2. The van der Waals surface area contributed by atoms with Crippen molar-refractivity contribution in [2.24, 2.45) is 0 Å². The highest BCUT2D eigenvalue weighted by Crippen LogP contribution is 2.27. The number of aryl methyl sites for hydroxylation is 1.